The van der Waals surface area contributed by atoms with Gasteiger partial charge in [-0.2, -0.15) is 10.1 Å². The molecule has 1 amide bonds. The van der Waals surface area contributed by atoms with E-state index in [0.29, 0.717) is 39.7 Å². The van der Waals surface area contributed by atoms with E-state index in [0.717, 1.165) is 28.1 Å². The fraction of sp³-hybridized carbons (Fsp3) is 0.133. The van der Waals surface area contributed by atoms with Crippen molar-refractivity contribution in [3.63, 3.8) is 0 Å². The number of pyridine rings is 1. The Labute approximate surface area is 230 Å². The molecule has 0 saturated carbocycles. The maximum Gasteiger partial charge on any atom is 0.256 e. The van der Waals surface area contributed by atoms with E-state index in [2.05, 4.69) is 30.4 Å². The number of anilines is 1. The van der Waals surface area contributed by atoms with Gasteiger partial charge in [0.1, 0.15) is 11.1 Å². The Bertz CT molecular complexity index is 1870. The first kappa shape index (κ1) is 24.9. The molecule has 0 bridgehead atoms. The summed E-state index contributed by atoms with van der Waals surface area (Å²) >= 11 is 0. The van der Waals surface area contributed by atoms with Crippen LogP contribution < -0.4 is 10.1 Å². The maximum absolute atomic E-state index is 13.4. The monoisotopic (exact) mass is 530 g/mol. The number of benzene rings is 2. The van der Waals surface area contributed by atoms with Crippen molar-refractivity contribution >= 4 is 22.6 Å². The van der Waals surface area contributed by atoms with Crippen molar-refractivity contribution < 1.29 is 9.53 Å². The highest BCUT2D eigenvalue weighted by atomic mass is 16.5. The minimum Gasteiger partial charge on any atom is -0.438 e. The highest BCUT2D eigenvalue weighted by molar-refractivity contribution is 6.05. The molecule has 0 unspecified atom stereocenters. The Morgan fingerprint density at radius 1 is 1.00 bits per heavy atom. The fourth-order valence-electron chi connectivity index (χ4n) is 4.46. The molecule has 10 heteroatoms. The molecule has 40 heavy (non-hydrogen) atoms. The molecule has 0 spiro atoms. The smallest absolute Gasteiger partial charge is 0.256 e. The fourth-order valence-corrected chi connectivity index (χ4v) is 4.46. The maximum atomic E-state index is 13.4. The quantitative estimate of drug-likeness (QED) is 0.299. The topological polar surface area (TPSA) is 113 Å². The standard InChI is InChI=1S/C30H26N8O2/c1-18-10-22(12-23(11-18)38-15-20(3)32-17-38)33-29(39)25-13-24(8-7-19(25)2)40-30-26-16-37(4)36-28(26)34-27(35-30)21-6-5-9-31-14-21/h5-17H,1-4H3,(H,33,39). The van der Waals surface area contributed by atoms with Gasteiger partial charge in [-0.25, -0.2) is 9.97 Å². The van der Waals surface area contributed by atoms with Crippen LogP contribution in [0.1, 0.15) is 27.2 Å². The van der Waals surface area contributed by atoms with Crippen molar-refractivity contribution in [1.82, 2.24) is 34.3 Å². The SMILES string of the molecule is Cc1cc(NC(=O)c2cc(Oc3nc(-c4cccnc4)nc4nn(C)cc34)ccc2C)cc(-n2cnc(C)c2)c1. The number of nitrogens with one attached hydrogen (secondary N) is 1. The number of amides is 1. The average molecular weight is 531 g/mol. The number of aryl methyl sites for hydroxylation is 4. The zero-order valence-electron chi connectivity index (χ0n) is 22.5. The summed E-state index contributed by atoms with van der Waals surface area (Å²) in [6, 6.07) is 15.0. The van der Waals surface area contributed by atoms with Gasteiger partial charge in [0.25, 0.3) is 5.91 Å². The van der Waals surface area contributed by atoms with Gasteiger partial charge in [0, 0.05) is 54.3 Å². The van der Waals surface area contributed by atoms with Crippen LogP contribution in [0.4, 0.5) is 5.69 Å². The molecule has 0 saturated heterocycles. The van der Waals surface area contributed by atoms with Crippen LogP contribution >= 0.6 is 0 Å². The van der Waals surface area contributed by atoms with Gasteiger partial charge in [0.2, 0.25) is 5.88 Å². The third-order valence-corrected chi connectivity index (χ3v) is 6.38. The number of hydrogen-bond donors (Lipinski definition) is 1. The van der Waals surface area contributed by atoms with Crippen molar-refractivity contribution in [2.75, 3.05) is 5.32 Å². The van der Waals surface area contributed by atoms with Gasteiger partial charge in [-0.15, -0.1) is 0 Å². The summed E-state index contributed by atoms with van der Waals surface area (Å²) < 4.78 is 9.84. The van der Waals surface area contributed by atoms with E-state index in [1.165, 1.54) is 0 Å². The second-order valence-corrected chi connectivity index (χ2v) is 9.65. The van der Waals surface area contributed by atoms with E-state index in [1.807, 2.05) is 81.0 Å². The molecule has 10 nitrogen and oxygen atoms in total. The number of carbonyl (C=O) groups is 1. The number of rotatable bonds is 6. The molecule has 1 N–H and O–H groups in total. The Hall–Kier alpha value is -5.38. The summed E-state index contributed by atoms with van der Waals surface area (Å²) in [4.78, 5) is 31.1. The summed E-state index contributed by atoms with van der Waals surface area (Å²) in [5.74, 6) is 1.01. The van der Waals surface area contributed by atoms with Crippen LogP contribution in [-0.2, 0) is 7.05 Å². The molecular weight excluding hydrogens is 504 g/mol. The summed E-state index contributed by atoms with van der Waals surface area (Å²) in [5, 5.41) is 8.13. The molecule has 0 aliphatic carbocycles. The number of carbonyl (C=O) groups excluding carboxylic acids is 1. The van der Waals surface area contributed by atoms with Crippen LogP contribution in [0.2, 0.25) is 0 Å². The molecule has 6 aromatic rings. The number of imidazole rings is 1. The highest BCUT2D eigenvalue weighted by Gasteiger charge is 2.17. The predicted molar refractivity (Wildman–Crippen MR) is 152 cm³/mol. The molecule has 0 aliphatic rings. The molecule has 0 aliphatic heterocycles. The van der Waals surface area contributed by atoms with Crippen molar-refractivity contribution in [3.05, 3.63) is 102 Å². The lowest BCUT2D eigenvalue weighted by molar-refractivity contribution is 0.102. The first-order valence-electron chi connectivity index (χ1n) is 12.7. The summed E-state index contributed by atoms with van der Waals surface area (Å²) in [5.41, 5.74) is 6.08. The normalized spacial score (nSPS) is 11.1. The van der Waals surface area contributed by atoms with E-state index in [1.54, 1.807) is 35.7 Å². The molecule has 198 valence electrons. The van der Waals surface area contributed by atoms with E-state index in [4.69, 9.17) is 4.74 Å². The number of aromatic nitrogens is 7. The lowest BCUT2D eigenvalue weighted by Crippen LogP contribution is -2.14. The van der Waals surface area contributed by atoms with E-state index < -0.39 is 0 Å². The Balaban J connectivity index is 1.31. The van der Waals surface area contributed by atoms with Crippen LogP contribution in [0.15, 0.2) is 79.6 Å². The molecule has 2 aromatic carbocycles. The van der Waals surface area contributed by atoms with E-state index in [9.17, 15) is 4.79 Å². The Kier molecular flexibility index (Phi) is 6.27. The number of nitrogens with zero attached hydrogens (tertiary/aromatic N) is 7. The molecule has 0 atom stereocenters. The van der Waals surface area contributed by atoms with Crippen molar-refractivity contribution in [3.8, 4) is 28.7 Å². The van der Waals surface area contributed by atoms with Crippen LogP contribution in [0, 0.1) is 20.8 Å². The van der Waals surface area contributed by atoms with Gasteiger partial charge in [-0.1, -0.05) is 6.07 Å². The van der Waals surface area contributed by atoms with Gasteiger partial charge in [-0.3, -0.25) is 14.5 Å². The van der Waals surface area contributed by atoms with Crippen molar-refractivity contribution in [2.24, 2.45) is 7.05 Å². The molecule has 4 heterocycles. The highest BCUT2D eigenvalue weighted by Crippen LogP contribution is 2.31. The van der Waals surface area contributed by atoms with Gasteiger partial charge < -0.3 is 14.6 Å². The van der Waals surface area contributed by atoms with E-state index >= 15 is 0 Å². The molecule has 0 radical (unpaired) electrons. The second kappa shape index (κ2) is 10.1. The largest absolute Gasteiger partial charge is 0.438 e. The Morgan fingerprint density at radius 3 is 2.65 bits per heavy atom. The molecular formula is C30H26N8O2. The zero-order valence-corrected chi connectivity index (χ0v) is 22.5. The zero-order chi connectivity index (χ0) is 27.8. The van der Waals surface area contributed by atoms with Crippen LogP contribution in [0.5, 0.6) is 11.6 Å². The van der Waals surface area contributed by atoms with Crippen LogP contribution in [0.3, 0.4) is 0 Å². The first-order chi connectivity index (χ1) is 19.3. The minimum atomic E-state index is -0.244. The van der Waals surface area contributed by atoms with Gasteiger partial charge in [0.15, 0.2) is 11.5 Å². The van der Waals surface area contributed by atoms with Crippen LogP contribution in [-0.4, -0.2) is 40.2 Å². The van der Waals surface area contributed by atoms with Crippen molar-refractivity contribution in [2.45, 2.75) is 20.8 Å². The van der Waals surface area contributed by atoms with Crippen molar-refractivity contribution in [1.29, 1.82) is 0 Å². The van der Waals surface area contributed by atoms with Crippen LogP contribution in [0.25, 0.3) is 28.1 Å². The first-order valence-corrected chi connectivity index (χ1v) is 12.7. The summed E-state index contributed by atoms with van der Waals surface area (Å²) in [7, 11) is 1.81. The second-order valence-electron chi connectivity index (χ2n) is 9.65. The third-order valence-electron chi connectivity index (χ3n) is 6.38. The van der Waals surface area contributed by atoms with E-state index in [-0.39, 0.29) is 5.91 Å². The van der Waals surface area contributed by atoms with Gasteiger partial charge in [0.05, 0.1) is 12.0 Å². The lowest BCUT2D eigenvalue weighted by atomic mass is 10.1. The summed E-state index contributed by atoms with van der Waals surface area (Å²) in [6.45, 7) is 5.82. The molecule has 6 rings (SSSR count). The third kappa shape index (κ3) is 5.02. The van der Waals surface area contributed by atoms with Gasteiger partial charge in [-0.05, 0) is 74.4 Å². The predicted octanol–water partition coefficient (Wildman–Crippen LogP) is 5.58. The lowest BCUT2D eigenvalue weighted by Gasteiger charge is -2.13. The number of ether oxygens (including phenoxy) is 1. The number of hydrogen-bond acceptors (Lipinski definition) is 7. The average Bonchev–Trinajstić information content (AvgIpc) is 3.54. The molecule has 0 fully saturated rings. The summed E-state index contributed by atoms with van der Waals surface area (Å²) in [6.07, 6.45) is 8.88. The minimum absolute atomic E-state index is 0.244. The molecule has 4 aromatic heterocycles. The van der Waals surface area contributed by atoms with Gasteiger partial charge >= 0.3 is 0 Å². The number of fused-ring (bicyclic) bond motifs is 1. The Morgan fingerprint density at radius 2 is 1.88 bits per heavy atom.